The molecule has 0 saturated carbocycles. The van der Waals surface area contributed by atoms with Gasteiger partial charge in [-0.25, -0.2) is 0 Å². The second-order valence-corrected chi connectivity index (χ2v) is 7.96. The van der Waals surface area contributed by atoms with Gasteiger partial charge in [-0.05, 0) is 86.4 Å². The van der Waals surface area contributed by atoms with E-state index in [9.17, 15) is 10.2 Å². The molecule has 0 amide bonds. The third kappa shape index (κ3) is 4.67. The summed E-state index contributed by atoms with van der Waals surface area (Å²) in [5, 5.41) is 20.8. The molecule has 32 heavy (non-hydrogen) atoms. The summed E-state index contributed by atoms with van der Waals surface area (Å²) in [6.45, 7) is 8.56. The average molecular weight is 435 g/mol. The van der Waals surface area contributed by atoms with Gasteiger partial charge in [-0.15, -0.1) is 0 Å². The molecule has 0 bridgehead atoms. The number of allylic oxidation sites excluding steroid dienone is 1. The number of rotatable bonds is 7. The Morgan fingerprint density at radius 2 is 1.47 bits per heavy atom. The van der Waals surface area contributed by atoms with Gasteiger partial charge in [0.15, 0.2) is 11.5 Å². The van der Waals surface area contributed by atoms with Crippen molar-refractivity contribution in [3.05, 3.63) is 65.2 Å². The van der Waals surface area contributed by atoms with Gasteiger partial charge in [0.05, 0.1) is 19.8 Å². The molecule has 0 radical (unpaired) electrons. The van der Waals surface area contributed by atoms with E-state index in [2.05, 4.69) is 0 Å². The predicted molar refractivity (Wildman–Crippen MR) is 128 cm³/mol. The van der Waals surface area contributed by atoms with Gasteiger partial charge in [0.2, 0.25) is 0 Å². The third-order valence-corrected chi connectivity index (χ3v) is 5.29. The Morgan fingerprint density at radius 1 is 0.844 bits per heavy atom. The zero-order valence-corrected chi connectivity index (χ0v) is 19.4. The number of aryl methyl sites for hydroxylation is 2. The normalized spacial score (nSPS) is 10.6. The molecular formula is C27H30O5. The first kappa shape index (κ1) is 23.1. The first-order valence-electron chi connectivity index (χ1n) is 10.4. The summed E-state index contributed by atoms with van der Waals surface area (Å²) >= 11 is 0. The summed E-state index contributed by atoms with van der Waals surface area (Å²) in [5.41, 5.74) is 5.94. The van der Waals surface area contributed by atoms with Crippen LogP contribution in [0.15, 0.2) is 54.1 Å². The van der Waals surface area contributed by atoms with Crippen molar-refractivity contribution in [2.24, 2.45) is 0 Å². The Morgan fingerprint density at radius 3 is 2.00 bits per heavy atom. The summed E-state index contributed by atoms with van der Waals surface area (Å²) in [6.07, 6.45) is 2.04. The number of aromatic hydroxyl groups is 2. The van der Waals surface area contributed by atoms with Crippen LogP contribution in [0.3, 0.4) is 0 Å². The molecule has 168 valence electrons. The van der Waals surface area contributed by atoms with E-state index in [1.807, 2.05) is 52.0 Å². The summed E-state index contributed by atoms with van der Waals surface area (Å²) in [4.78, 5) is 0. The van der Waals surface area contributed by atoms with Crippen molar-refractivity contribution in [1.82, 2.24) is 0 Å². The fourth-order valence-electron chi connectivity index (χ4n) is 3.74. The van der Waals surface area contributed by atoms with Crippen molar-refractivity contribution < 1.29 is 24.4 Å². The number of methoxy groups -OCH3 is 2. The van der Waals surface area contributed by atoms with Crippen molar-refractivity contribution in [2.45, 2.75) is 27.7 Å². The van der Waals surface area contributed by atoms with Gasteiger partial charge in [-0.1, -0.05) is 17.7 Å². The van der Waals surface area contributed by atoms with Gasteiger partial charge in [-0.3, -0.25) is 0 Å². The van der Waals surface area contributed by atoms with Gasteiger partial charge >= 0.3 is 0 Å². The van der Waals surface area contributed by atoms with Crippen LogP contribution in [0.25, 0.3) is 22.3 Å². The number of ether oxygens (including phenoxy) is 3. The van der Waals surface area contributed by atoms with E-state index >= 15 is 0 Å². The molecule has 5 heteroatoms. The van der Waals surface area contributed by atoms with Crippen molar-refractivity contribution in [3.8, 4) is 51.0 Å². The first-order valence-corrected chi connectivity index (χ1v) is 10.4. The second-order valence-electron chi connectivity index (χ2n) is 7.96. The Kier molecular flexibility index (Phi) is 6.98. The van der Waals surface area contributed by atoms with E-state index in [0.717, 1.165) is 28.0 Å². The molecule has 3 aromatic carbocycles. The highest BCUT2D eigenvalue weighted by Gasteiger charge is 2.22. The Hall–Kier alpha value is -3.60. The van der Waals surface area contributed by atoms with Crippen molar-refractivity contribution in [1.29, 1.82) is 0 Å². The molecule has 0 aliphatic rings. The van der Waals surface area contributed by atoms with Gasteiger partial charge < -0.3 is 24.4 Å². The summed E-state index contributed by atoms with van der Waals surface area (Å²) in [7, 11) is 3.09. The summed E-state index contributed by atoms with van der Waals surface area (Å²) in [5.74, 6) is 1.84. The second kappa shape index (κ2) is 9.69. The number of phenols is 2. The summed E-state index contributed by atoms with van der Waals surface area (Å²) < 4.78 is 17.2. The van der Waals surface area contributed by atoms with Crippen LogP contribution in [0, 0.1) is 13.8 Å². The SMILES string of the molecule is COc1cc(-c2ccc(O)cc2)c(OC)c(O)c1-c1cc(C)c(OCC=C(C)C)c(C)c1. The highest BCUT2D eigenvalue weighted by atomic mass is 16.5. The van der Waals surface area contributed by atoms with E-state index in [4.69, 9.17) is 14.2 Å². The standard InChI is InChI=1S/C27H30O5/c1-16(2)11-12-32-26-17(3)13-20(14-18(26)4)24-23(30-5)15-22(27(31-6)25(24)29)19-7-9-21(28)10-8-19/h7-11,13-15,28-29H,12H2,1-6H3. The minimum atomic E-state index is -0.00747. The maximum atomic E-state index is 11.2. The number of benzene rings is 3. The molecule has 0 unspecified atom stereocenters. The van der Waals surface area contributed by atoms with Crippen LogP contribution < -0.4 is 14.2 Å². The largest absolute Gasteiger partial charge is 0.508 e. The average Bonchev–Trinajstić information content (AvgIpc) is 2.75. The zero-order valence-electron chi connectivity index (χ0n) is 19.4. The van der Waals surface area contributed by atoms with Crippen molar-refractivity contribution in [2.75, 3.05) is 20.8 Å². The van der Waals surface area contributed by atoms with Crippen molar-refractivity contribution >= 4 is 0 Å². The molecule has 0 aliphatic carbocycles. The fraction of sp³-hybridized carbons (Fsp3) is 0.259. The van der Waals surface area contributed by atoms with E-state index in [-0.39, 0.29) is 11.5 Å². The lowest BCUT2D eigenvalue weighted by Gasteiger charge is -2.19. The quantitative estimate of drug-likeness (QED) is 0.421. The molecule has 0 fully saturated rings. The van der Waals surface area contributed by atoms with E-state index in [0.29, 0.717) is 29.2 Å². The van der Waals surface area contributed by atoms with Crippen LogP contribution in [-0.2, 0) is 0 Å². The lowest BCUT2D eigenvalue weighted by molar-refractivity contribution is 0.357. The Bertz CT molecular complexity index is 1120. The molecule has 0 aromatic heterocycles. The zero-order chi connectivity index (χ0) is 23.4. The van der Waals surface area contributed by atoms with Gasteiger partial charge in [0.25, 0.3) is 0 Å². The smallest absolute Gasteiger partial charge is 0.170 e. The molecule has 3 rings (SSSR count). The van der Waals surface area contributed by atoms with Gasteiger partial charge in [0.1, 0.15) is 23.9 Å². The van der Waals surface area contributed by atoms with Crippen LogP contribution in [0.4, 0.5) is 0 Å². The Balaban J connectivity index is 2.13. The highest BCUT2D eigenvalue weighted by Crippen LogP contribution is 2.50. The van der Waals surface area contributed by atoms with E-state index in [1.165, 1.54) is 12.7 Å². The van der Waals surface area contributed by atoms with Crippen LogP contribution in [0.2, 0.25) is 0 Å². The topological polar surface area (TPSA) is 68.2 Å². The molecule has 2 N–H and O–H groups in total. The molecule has 0 saturated heterocycles. The fourth-order valence-corrected chi connectivity index (χ4v) is 3.74. The van der Waals surface area contributed by atoms with Crippen LogP contribution in [0.1, 0.15) is 25.0 Å². The number of phenolic OH excluding ortho intramolecular Hbond substituents is 2. The maximum Gasteiger partial charge on any atom is 0.170 e. The minimum absolute atomic E-state index is 0.00747. The molecule has 0 spiro atoms. The van der Waals surface area contributed by atoms with Gasteiger partial charge in [-0.2, -0.15) is 0 Å². The minimum Gasteiger partial charge on any atom is -0.508 e. The monoisotopic (exact) mass is 434 g/mol. The molecule has 0 heterocycles. The predicted octanol–water partition coefficient (Wildman–Crippen LogP) is 6.41. The molecular weight excluding hydrogens is 404 g/mol. The first-order chi connectivity index (χ1) is 15.3. The maximum absolute atomic E-state index is 11.2. The summed E-state index contributed by atoms with van der Waals surface area (Å²) in [6, 6.07) is 12.5. The van der Waals surface area contributed by atoms with Crippen molar-refractivity contribution in [3.63, 3.8) is 0 Å². The van der Waals surface area contributed by atoms with Crippen LogP contribution >= 0.6 is 0 Å². The molecule has 0 aliphatic heterocycles. The number of hydrogen-bond donors (Lipinski definition) is 2. The third-order valence-electron chi connectivity index (χ3n) is 5.29. The van der Waals surface area contributed by atoms with E-state index in [1.54, 1.807) is 31.4 Å². The lowest BCUT2D eigenvalue weighted by atomic mass is 9.94. The Labute approximate surface area is 189 Å². The van der Waals surface area contributed by atoms with Crippen LogP contribution in [0.5, 0.6) is 28.7 Å². The molecule has 3 aromatic rings. The molecule has 0 atom stereocenters. The van der Waals surface area contributed by atoms with Gasteiger partial charge in [0, 0.05) is 5.56 Å². The highest BCUT2D eigenvalue weighted by molar-refractivity contribution is 5.88. The molecule has 5 nitrogen and oxygen atoms in total. The van der Waals surface area contributed by atoms with E-state index < -0.39 is 0 Å². The van der Waals surface area contributed by atoms with Crippen LogP contribution in [-0.4, -0.2) is 31.0 Å². The number of hydrogen-bond acceptors (Lipinski definition) is 5. The lowest BCUT2D eigenvalue weighted by Crippen LogP contribution is -2.00.